The van der Waals surface area contributed by atoms with E-state index in [9.17, 15) is 4.79 Å². The first kappa shape index (κ1) is 7.69. The summed E-state index contributed by atoms with van der Waals surface area (Å²) in [4.78, 5) is 16.9. The van der Waals surface area contributed by atoms with Gasteiger partial charge in [0.15, 0.2) is 10.6 Å². The van der Waals surface area contributed by atoms with Crippen LogP contribution in [0.1, 0.15) is 0 Å². The molecular weight excluding hydrogens is 200 g/mol. The van der Waals surface area contributed by atoms with Crippen LogP contribution in [-0.2, 0) is 7.05 Å². The van der Waals surface area contributed by atoms with Gasteiger partial charge in [0.25, 0.3) is 5.56 Å². The molecule has 0 fully saturated rings. The molecule has 3 heterocycles. The number of nitrogens with zero attached hydrogens (tertiary/aromatic N) is 4. The molecule has 0 saturated heterocycles. The summed E-state index contributed by atoms with van der Waals surface area (Å²) in [6.07, 6.45) is 3.27. The average molecular weight is 206 g/mol. The van der Waals surface area contributed by atoms with E-state index in [1.165, 1.54) is 15.7 Å². The fourth-order valence-electron chi connectivity index (χ4n) is 1.44. The monoisotopic (exact) mass is 206 g/mol. The van der Waals surface area contributed by atoms with Crippen LogP contribution in [0.15, 0.2) is 22.6 Å². The number of hydrogen-bond donors (Lipinski definition) is 0. The van der Waals surface area contributed by atoms with E-state index in [1.807, 2.05) is 5.38 Å². The Morgan fingerprint density at radius 2 is 2.36 bits per heavy atom. The van der Waals surface area contributed by atoms with Crippen molar-refractivity contribution in [3.8, 4) is 0 Å². The molecule has 6 heteroatoms. The van der Waals surface area contributed by atoms with Crippen LogP contribution in [0.5, 0.6) is 0 Å². The Kier molecular flexibility index (Phi) is 1.33. The lowest BCUT2D eigenvalue weighted by molar-refractivity contribution is 0.787. The maximum Gasteiger partial charge on any atom is 0.269 e. The van der Waals surface area contributed by atoms with E-state index >= 15 is 0 Å². The van der Waals surface area contributed by atoms with Crippen LogP contribution in [0.4, 0.5) is 0 Å². The molecule has 0 radical (unpaired) electrons. The van der Waals surface area contributed by atoms with Gasteiger partial charge < -0.3 is 0 Å². The van der Waals surface area contributed by atoms with E-state index in [-0.39, 0.29) is 5.56 Å². The maximum atomic E-state index is 11.8. The lowest BCUT2D eigenvalue weighted by atomic mass is 10.4. The van der Waals surface area contributed by atoms with E-state index in [0.717, 1.165) is 0 Å². The number of fused-ring (bicyclic) bond motifs is 2. The zero-order chi connectivity index (χ0) is 9.71. The summed E-state index contributed by atoms with van der Waals surface area (Å²) < 4.78 is 3.14. The van der Waals surface area contributed by atoms with Gasteiger partial charge in [-0.25, -0.2) is 4.98 Å². The van der Waals surface area contributed by atoms with Crippen molar-refractivity contribution in [2.45, 2.75) is 0 Å². The largest absolute Gasteiger partial charge is 0.269 e. The van der Waals surface area contributed by atoms with Crippen molar-refractivity contribution in [3.05, 3.63) is 28.1 Å². The van der Waals surface area contributed by atoms with Crippen molar-refractivity contribution in [2.24, 2.45) is 7.05 Å². The molecule has 3 aromatic heterocycles. The molecule has 0 N–H and O–H groups in total. The SMILES string of the molecule is Cn1ncc2c(=O)n3ccsc3nc21. The molecule has 0 aliphatic rings. The minimum atomic E-state index is -0.0562. The highest BCUT2D eigenvalue weighted by molar-refractivity contribution is 7.15. The lowest BCUT2D eigenvalue weighted by Crippen LogP contribution is -2.12. The predicted molar refractivity (Wildman–Crippen MR) is 53.6 cm³/mol. The molecule has 3 rings (SSSR count). The molecule has 70 valence electrons. The summed E-state index contributed by atoms with van der Waals surface area (Å²) in [6, 6.07) is 0. The topological polar surface area (TPSA) is 52.2 Å². The Morgan fingerprint density at radius 3 is 3.21 bits per heavy atom. The molecule has 3 aromatic rings. The van der Waals surface area contributed by atoms with Gasteiger partial charge in [-0.1, -0.05) is 0 Å². The quantitative estimate of drug-likeness (QED) is 0.542. The number of rotatable bonds is 0. The highest BCUT2D eigenvalue weighted by Gasteiger charge is 2.08. The molecule has 0 aliphatic carbocycles. The number of aryl methyl sites for hydroxylation is 1. The minimum absolute atomic E-state index is 0.0562. The third kappa shape index (κ3) is 0.805. The van der Waals surface area contributed by atoms with Crippen LogP contribution in [-0.4, -0.2) is 19.2 Å². The normalized spacial score (nSPS) is 11.5. The first-order valence-electron chi connectivity index (χ1n) is 4.05. The molecule has 0 unspecified atom stereocenters. The number of aromatic nitrogens is 4. The van der Waals surface area contributed by atoms with Gasteiger partial charge in [-0.15, -0.1) is 11.3 Å². The van der Waals surface area contributed by atoms with Gasteiger partial charge in [-0.3, -0.25) is 13.9 Å². The molecule has 0 spiro atoms. The third-order valence-corrected chi connectivity index (χ3v) is 2.90. The molecule has 14 heavy (non-hydrogen) atoms. The average Bonchev–Trinajstić information content (AvgIpc) is 2.75. The van der Waals surface area contributed by atoms with Crippen LogP contribution in [0.3, 0.4) is 0 Å². The minimum Gasteiger partial charge on any atom is -0.268 e. The maximum absolute atomic E-state index is 11.8. The Morgan fingerprint density at radius 1 is 1.50 bits per heavy atom. The van der Waals surface area contributed by atoms with Crippen LogP contribution in [0.25, 0.3) is 16.0 Å². The summed E-state index contributed by atoms with van der Waals surface area (Å²) in [7, 11) is 1.78. The van der Waals surface area contributed by atoms with E-state index in [0.29, 0.717) is 16.0 Å². The van der Waals surface area contributed by atoms with E-state index in [1.54, 1.807) is 24.1 Å². The highest BCUT2D eigenvalue weighted by Crippen LogP contribution is 2.11. The Balaban J connectivity index is 2.72. The van der Waals surface area contributed by atoms with Gasteiger partial charge >= 0.3 is 0 Å². The summed E-state index contributed by atoms with van der Waals surface area (Å²) in [5.41, 5.74) is 0.580. The van der Waals surface area contributed by atoms with Crippen molar-refractivity contribution >= 4 is 27.3 Å². The van der Waals surface area contributed by atoms with E-state index in [2.05, 4.69) is 10.1 Å². The van der Waals surface area contributed by atoms with Gasteiger partial charge in [-0.2, -0.15) is 5.10 Å². The fourth-order valence-corrected chi connectivity index (χ4v) is 2.14. The molecule has 0 aliphatic heterocycles. The Bertz CT molecular complexity index is 677. The van der Waals surface area contributed by atoms with Gasteiger partial charge in [0.1, 0.15) is 5.39 Å². The molecule has 0 bridgehead atoms. The van der Waals surface area contributed by atoms with Crippen LogP contribution >= 0.6 is 11.3 Å². The second kappa shape index (κ2) is 2.42. The van der Waals surface area contributed by atoms with Gasteiger partial charge in [0.05, 0.1) is 6.20 Å². The van der Waals surface area contributed by atoms with Gasteiger partial charge in [0, 0.05) is 18.6 Å². The van der Waals surface area contributed by atoms with Crippen molar-refractivity contribution in [1.29, 1.82) is 0 Å². The molecule has 0 atom stereocenters. The summed E-state index contributed by atoms with van der Waals surface area (Å²) in [6.45, 7) is 0. The molecular formula is C8H6N4OS. The second-order valence-electron chi connectivity index (χ2n) is 2.98. The van der Waals surface area contributed by atoms with Crippen LogP contribution in [0, 0.1) is 0 Å². The zero-order valence-corrected chi connectivity index (χ0v) is 8.15. The number of thiazole rings is 1. The van der Waals surface area contributed by atoms with Crippen molar-refractivity contribution in [3.63, 3.8) is 0 Å². The second-order valence-corrected chi connectivity index (χ2v) is 3.85. The summed E-state index contributed by atoms with van der Waals surface area (Å²) in [5, 5.41) is 6.41. The van der Waals surface area contributed by atoms with Crippen molar-refractivity contribution in [2.75, 3.05) is 0 Å². The molecule has 0 saturated carbocycles. The van der Waals surface area contributed by atoms with Crippen molar-refractivity contribution < 1.29 is 0 Å². The standard InChI is InChI=1S/C8H6N4OS/c1-11-6-5(4-9-11)7(13)12-2-3-14-8(12)10-6/h2-4H,1H3. The first-order chi connectivity index (χ1) is 6.77. The summed E-state index contributed by atoms with van der Waals surface area (Å²) in [5.74, 6) is 0. The van der Waals surface area contributed by atoms with Crippen LogP contribution in [0.2, 0.25) is 0 Å². The highest BCUT2D eigenvalue weighted by atomic mass is 32.1. The fraction of sp³-hybridized carbons (Fsp3) is 0.125. The van der Waals surface area contributed by atoms with Gasteiger partial charge in [0.2, 0.25) is 0 Å². The smallest absolute Gasteiger partial charge is 0.268 e. The third-order valence-electron chi connectivity index (χ3n) is 2.15. The van der Waals surface area contributed by atoms with E-state index < -0.39 is 0 Å². The van der Waals surface area contributed by atoms with Gasteiger partial charge in [-0.05, 0) is 0 Å². The van der Waals surface area contributed by atoms with E-state index in [4.69, 9.17) is 0 Å². The summed E-state index contributed by atoms with van der Waals surface area (Å²) >= 11 is 1.44. The molecule has 0 aromatic carbocycles. The van der Waals surface area contributed by atoms with Crippen LogP contribution < -0.4 is 5.56 Å². The Labute approximate surface area is 82.2 Å². The predicted octanol–water partition coefficient (Wildman–Crippen LogP) is 0.643. The first-order valence-corrected chi connectivity index (χ1v) is 4.93. The number of hydrogen-bond acceptors (Lipinski definition) is 4. The Hall–Kier alpha value is -1.69. The lowest BCUT2D eigenvalue weighted by Gasteiger charge is -1.94. The molecule has 5 nitrogen and oxygen atoms in total. The zero-order valence-electron chi connectivity index (χ0n) is 7.34. The van der Waals surface area contributed by atoms with Crippen molar-refractivity contribution in [1.82, 2.24) is 19.2 Å². The molecule has 0 amide bonds.